The minimum atomic E-state index is -0.368. The molecule has 10 heavy (non-hydrogen) atoms. The first kappa shape index (κ1) is 8.95. The molecule has 2 N–H and O–H groups in total. The van der Waals surface area contributed by atoms with E-state index >= 15 is 0 Å². The molecule has 0 aromatic carbocycles. The average molecular weight is 139 g/mol. The van der Waals surface area contributed by atoms with E-state index in [1.165, 1.54) is 0 Å². The third-order valence-electron chi connectivity index (χ3n) is 1.13. The number of allylic oxidation sites excluding steroid dienone is 2. The Balaban J connectivity index is 4.12. The number of nitrogens with two attached hydrogens (primary N) is 1. The fourth-order valence-electron chi connectivity index (χ4n) is 0.565. The lowest BCUT2D eigenvalue weighted by Crippen LogP contribution is -2.11. The van der Waals surface area contributed by atoms with Gasteiger partial charge in [0.1, 0.15) is 0 Å². The molecule has 0 aromatic heterocycles. The summed E-state index contributed by atoms with van der Waals surface area (Å²) in [6, 6.07) is 0. The summed E-state index contributed by atoms with van der Waals surface area (Å²) >= 11 is 0. The fraction of sp³-hybridized carbons (Fsp3) is 0.375. The van der Waals surface area contributed by atoms with E-state index in [2.05, 4.69) is 0 Å². The van der Waals surface area contributed by atoms with Crippen LogP contribution in [0.5, 0.6) is 0 Å². The fourth-order valence-corrected chi connectivity index (χ4v) is 0.565. The van der Waals surface area contributed by atoms with Crippen molar-refractivity contribution in [3.05, 3.63) is 23.8 Å². The van der Waals surface area contributed by atoms with Crippen molar-refractivity contribution in [1.82, 2.24) is 0 Å². The van der Waals surface area contributed by atoms with Crippen molar-refractivity contribution in [2.24, 2.45) is 5.73 Å². The van der Waals surface area contributed by atoms with Gasteiger partial charge in [-0.05, 0) is 13.3 Å². The van der Waals surface area contributed by atoms with Crippen LogP contribution in [0, 0.1) is 0 Å². The van der Waals surface area contributed by atoms with Gasteiger partial charge < -0.3 is 5.73 Å². The Morgan fingerprint density at radius 2 is 2.20 bits per heavy atom. The van der Waals surface area contributed by atoms with Crippen molar-refractivity contribution in [1.29, 1.82) is 0 Å². The predicted molar refractivity (Wildman–Crippen MR) is 42.4 cm³/mol. The molecule has 0 rings (SSSR count). The Morgan fingerprint density at radius 3 is 2.50 bits per heavy atom. The zero-order valence-corrected chi connectivity index (χ0v) is 6.42. The molecule has 0 radical (unpaired) electrons. The number of hydrogen-bond donors (Lipinski definition) is 1. The zero-order valence-electron chi connectivity index (χ0n) is 6.42. The van der Waals surface area contributed by atoms with Crippen molar-refractivity contribution < 1.29 is 4.79 Å². The second-order valence-corrected chi connectivity index (χ2v) is 1.92. The monoisotopic (exact) mass is 139 g/mol. The number of amides is 1. The molecular weight excluding hydrogens is 126 g/mol. The molecule has 0 bridgehead atoms. The van der Waals surface area contributed by atoms with Crippen LogP contribution in [0.15, 0.2) is 23.8 Å². The van der Waals surface area contributed by atoms with Gasteiger partial charge in [0.15, 0.2) is 0 Å². The van der Waals surface area contributed by atoms with Gasteiger partial charge in [-0.1, -0.05) is 25.2 Å². The van der Waals surface area contributed by atoms with Gasteiger partial charge in [-0.3, -0.25) is 4.79 Å². The summed E-state index contributed by atoms with van der Waals surface area (Å²) in [4.78, 5) is 10.5. The van der Waals surface area contributed by atoms with Crippen LogP contribution in [0.1, 0.15) is 20.3 Å². The normalized spacial score (nSPS) is 12.4. The SMILES string of the molecule is CC=C(C=CCC)C(N)=O. The number of primary amides is 1. The summed E-state index contributed by atoms with van der Waals surface area (Å²) in [5.74, 6) is -0.368. The van der Waals surface area contributed by atoms with Crippen LogP contribution < -0.4 is 5.73 Å². The summed E-state index contributed by atoms with van der Waals surface area (Å²) in [7, 11) is 0. The topological polar surface area (TPSA) is 43.1 Å². The van der Waals surface area contributed by atoms with Gasteiger partial charge in [-0.15, -0.1) is 0 Å². The van der Waals surface area contributed by atoms with Crippen LogP contribution in [-0.2, 0) is 4.79 Å². The molecule has 0 aliphatic carbocycles. The standard InChI is InChI=1S/C8H13NO/c1-3-5-6-7(4-2)8(9)10/h4-6H,3H2,1-2H3,(H2,9,10). The highest BCUT2D eigenvalue weighted by molar-refractivity contribution is 5.94. The second-order valence-electron chi connectivity index (χ2n) is 1.92. The molecule has 0 saturated heterocycles. The van der Waals surface area contributed by atoms with E-state index in [-0.39, 0.29) is 5.91 Å². The van der Waals surface area contributed by atoms with E-state index in [4.69, 9.17) is 5.73 Å². The molecule has 56 valence electrons. The maximum absolute atomic E-state index is 10.5. The Hall–Kier alpha value is -1.05. The predicted octanol–water partition coefficient (Wildman–Crippen LogP) is 1.38. The van der Waals surface area contributed by atoms with Crippen molar-refractivity contribution >= 4 is 5.91 Å². The van der Waals surface area contributed by atoms with Gasteiger partial charge in [0.05, 0.1) is 0 Å². The van der Waals surface area contributed by atoms with Gasteiger partial charge in [0.25, 0.3) is 0 Å². The van der Waals surface area contributed by atoms with E-state index in [9.17, 15) is 4.79 Å². The lowest BCUT2D eigenvalue weighted by atomic mass is 10.2. The lowest BCUT2D eigenvalue weighted by Gasteiger charge is -1.91. The first-order valence-corrected chi connectivity index (χ1v) is 3.35. The Bertz CT molecular complexity index is 168. The minimum absolute atomic E-state index is 0.368. The molecule has 0 aliphatic rings. The summed E-state index contributed by atoms with van der Waals surface area (Å²) < 4.78 is 0. The van der Waals surface area contributed by atoms with E-state index in [1.54, 1.807) is 19.1 Å². The van der Waals surface area contributed by atoms with Crippen molar-refractivity contribution in [2.45, 2.75) is 20.3 Å². The maximum Gasteiger partial charge on any atom is 0.248 e. The Kier molecular flexibility index (Phi) is 4.29. The van der Waals surface area contributed by atoms with Crippen LogP contribution in [0.3, 0.4) is 0 Å². The number of hydrogen-bond acceptors (Lipinski definition) is 1. The molecule has 0 atom stereocenters. The lowest BCUT2D eigenvalue weighted by molar-refractivity contribution is -0.114. The van der Waals surface area contributed by atoms with Crippen LogP contribution in [-0.4, -0.2) is 5.91 Å². The first-order chi connectivity index (χ1) is 4.72. The molecule has 0 aromatic rings. The van der Waals surface area contributed by atoms with Gasteiger partial charge in [0.2, 0.25) is 5.91 Å². The van der Waals surface area contributed by atoms with Crippen molar-refractivity contribution in [3.8, 4) is 0 Å². The third kappa shape index (κ3) is 3.07. The van der Waals surface area contributed by atoms with Gasteiger partial charge in [0, 0.05) is 5.57 Å². The Morgan fingerprint density at radius 1 is 1.60 bits per heavy atom. The van der Waals surface area contributed by atoms with Gasteiger partial charge in [-0.25, -0.2) is 0 Å². The smallest absolute Gasteiger partial charge is 0.248 e. The molecule has 1 amide bonds. The van der Waals surface area contributed by atoms with Crippen molar-refractivity contribution in [2.75, 3.05) is 0 Å². The van der Waals surface area contributed by atoms with Crippen LogP contribution >= 0.6 is 0 Å². The number of carbonyl (C=O) groups is 1. The summed E-state index contributed by atoms with van der Waals surface area (Å²) in [5.41, 5.74) is 5.60. The van der Waals surface area contributed by atoms with Gasteiger partial charge >= 0.3 is 0 Å². The van der Waals surface area contributed by atoms with Crippen LogP contribution in [0.2, 0.25) is 0 Å². The highest BCUT2D eigenvalue weighted by Crippen LogP contribution is 1.95. The van der Waals surface area contributed by atoms with Crippen LogP contribution in [0.4, 0.5) is 0 Å². The molecule has 0 heterocycles. The number of rotatable bonds is 3. The molecule has 2 heteroatoms. The van der Waals surface area contributed by atoms with Crippen molar-refractivity contribution in [3.63, 3.8) is 0 Å². The molecule has 0 saturated carbocycles. The van der Waals surface area contributed by atoms with E-state index in [0.29, 0.717) is 5.57 Å². The minimum Gasteiger partial charge on any atom is -0.366 e. The quantitative estimate of drug-likeness (QED) is 0.466. The van der Waals surface area contributed by atoms with E-state index in [0.717, 1.165) is 6.42 Å². The van der Waals surface area contributed by atoms with E-state index < -0.39 is 0 Å². The largest absolute Gasteiger partial charge is 0.366 e. The number of carbonyl (C=O) groups excluding carboxylic acids is 1. The first-order valence-electron chi connectivity index (χ1n) is 3.35. The van der Waals surface area contributed by atoms with Gasteiger partial charge in [-0.2, -0.15) is 0 Å². The molecule has 0 aliphatic heterocycles. The summed E-state index contributed by atoms with van der Waals surface area (Å²) in [6.45, 7) is 3.80. The highest BCUT2D eigenvalue weighted by Gasteiger charge is 1.95. The van der Waals surface area contributed by atoms with E-state index in [1.807, 2.05) is 13.0 Å². The second kappa shape index (κ2) is 4.79. The molecule has 0 spiro atoms. The highest BCUT2D eigenvalue weighted by atomic mass is 16.1. The van der Waals surface area contributed by atoms with Crippen LogP contribution in [0.25, 0.3) is 0 Å². The average Bonchev–Trinajstić information content (AvgIpc) is 1.89. The Labute approximate surface area is 61.4 Å². The zero-order chi connectivity index (χ0) is 7.98. The molecular formula is C8H13NO. The molecule has 0 unspecified atom stereocenters. The third-order valence-corrected chi connectivity index (χ3v) is 1.13. The summed E-state index contributed by atoms with van der Waals surface area (Å²) in [5, 5.41) is 0. The molecule has 0 fully saturated rings. The maximum atomic E-state index is 10.5. The molecule has 2 nitrogen and oxygen atoms in total. The summed E-state index contributed by atoms with van der Waals surface area (Å²) in [6.07, 6.45) is 6.27.